The van der Waals surface area contributed by atoms with E-state index < -0.39 is 11.7 Å². The normalized spacial score (nSPS) is 15.5. The summed E-state index contributed by atoms with van der Waals surface area (Å²) in [6.07, 6.45) is 2.08. The summed E-state index contributed by atoms with van der Waals surface area (Å²) in [5, 5.41) is 0. The molecule has 0 N–H and O–H groups in total. The Morgan fingerprint density at radius 1 is 1.09 bits per heavy atom. The molecule has 0 aromatic heterocycles. The zero-order chi connectivity index (χ0) is 8.85. The molecule has 3 heteroatoms. The van der Waals surface area contributed by atoms with Gasteiger partial charge in [-0.15, -0.1) is 0 Å². The molecule has 11 heavy (non-hydrogen) atoms. The summed E-state index contributed by atoms with van der Waals surface area (Å²) in [5.74, 6) is -1.43. The molecule has 0 unspecified atom stereocenters. The molecule has 0 bridgehead atoms. The maximum absolute atomic E-state index is 12.2. The minimum Gasteiger partial charge on any atom is -0.212 e. The summed E-state index contributed by atoms with van der Waals surface area (Å²) in [4.78, 5) is 0. The van der Waals surface area contributed by atoms with Gasteiger partial charge >= 0.3 is 0 Å². The van der Waals surface area contributed by atoms with Crippen molar-refractivity contribution >= 4 is 0 Å². The van der Waals surface area contributed by atoms with Crippen molar-refractivity contribution in [1.29, 1.82) is 0 Å². The van der Waals surface area contributed by atoms with Crippen LogP contribution in [0.25, 0.3) is 0 Å². The van der Waals surface area contributed by atoms with Gasteiger partial charge in [-0.3, -0.25) is 0 Å². The van der Waals surface area contributed by atoms with Crippen molar-refractivity contribution in [1.82, 2.24) is 0 Å². The fraction of sp³-hybridized carbons (Fsp3) is 0.250. The Bertz CT molecular complexity index is 207. The maximum Gasteiger partial charge on any atom is 0.154 e. The first-order valence-electron chi connectivity index (χ1n) is 3.05. The molecule has 0 aromatic rings. The Kier molecular flexibility index (Phi) is 4.34. The summed E-state index contributed by atoms with van der Waals surface area (Å²) >= 11 is 0. The second-order valence-electron chi connectivity index (χ2n) is 2.06. The molecule has 0 aliphatic carbocycles. The van der Waals surface area contributed by atoms with E-state index in [-0.39, 0.29) is 11.9 Å². The third kappa shape index (κ3) is 4.42. The predicted molar refractivity (Wildman–Crippen MR) is 38.9 cm³/mol. The van der Waals surface area contributed by atoms with Gasteiger partial charge in [-0.1, -0.05) is 6.08 Å². The van der Waals surface area contributed by atoms with Gasteiger partial charge in [-0.25, -0.2) is 13.2 Å². The van der Waals surface area contributed by atoms with E-state index in [2.05, 4.69) is 0 Å². The summed E-state index contributed by atoms with van der Waals surface area (Å²) in [7, 11) is 0. The highest BCUT2D eigenvalue weighted by Gasteiger charge is 1.94. The molecule has 62 valence electrons. The molecule has 0 saturated carbocycles. The second-order valence-corrected chi connectivity index (χ2v) is 2.06. The van der Waals surface area contributed by atoms with E-state index in [9.17, 15) is 13.2 Å². The van der Waals surface area contributed by atoms with Crippen molar-refractivity contribution in [3.05, 3.63) is 35.7 Å². The highest BCUT2D eigenvalue weighted by molar-refractivity contribution is 5.26. The zero-order valence-electron chi connectivity index (χ0n) is 6.37. The fourth-order valence-corrected chi connectivity index (χ4v) is 0.405. The fourth-order valence-electron chi connectivity index (χ4n) is 0.405. The van der Waals surface area contributed by atoms with Crippen LogP contribution in [0.5, 0.6) is 0 Å². The van der Waals surface area contributed by atoms with E-state index in [4.69, 9.17) is 0 Å². The van der Waals surface area contributed by atoms with Gasteiger partial charge in [-0.2, -0.15) is 0 Å². The van der Waals surface area contributed by atoms with Crippen molar-refractivity contribution in [2.24, 2.45) is 0 Å². The summed E-state index contributed by atoms with van der Waals surface area (Å²) in [6, 6.07) is 0. The van der Waals surface area contributed by atoms with Crippen LogP contribution in [-0.2, 0) is 0 Å². The molecule has 0 atom stereocenters. The lowest BCUT2D eigenvalue weighted by Crippen LogP contribution is -1.74. The lowest BCUT2D eigenvalue weighted by molar-refractivity contribution is 0.594. The molecular formula is C8H9F3. The summed E-state index contributed by atoms with van der Waals surface area (Å²) in [5.41, 5.74) is 0.0597. The highest BCUT2D eigenvalue weighted by Crippen LogP contribution is 2.11. The molecule has 0 aliphatic heterocycles. The van der Waals surface area contributed by atoms with E-state index in [1.165, 1.54) is 19.9 Å². The third-order valence-corrected chi connectivity index (χ3v) is 1.04. The average molecular weight is 162 g/mol. The second kappa shape index (κ2) is 4.77. The van der Waals surface area contributed by atoms with Crippen molar-refractivity contribution in [3.63, 3.8) is 0 Å². The Balaban J connectivity index is 4.36. The van der Waals surface area contributed by atoms with Crippen LogP contribution >= 0.6 is 0 Å². The first-order chi connectivity index (χ1) is 5.07. The molecule has 0 aromatic carbocycles. The van der Waals surface area contributed by atoms with E-state index in [0.717, 1.165) is 6.08 Å². The van der Waals surface area contributed by atoms with E-state index in [1.807, 2.05) is 0 Å². The third-order valence-electron chi connectivity index (χ3n) is 1.04. The van der Waals surface area contributed by atoms with Crippen LogP contribution in [-0.4, -0.2) is 0 Å². The van der Waals surface area contributed by atoms with Gasteiger partial charge in [0.1, 0.15) is 6.33 Å². The summed E-state index contributed by atoms with van der Waals surface area (Å²) < 4.78 is 35.7. The molecular weight excluding hydrogens is 153 g/mol. The van der Waals surface area contributed by atoms with Crippen LogP contribution in [0, 0.1) is 0 Å². The van der Waals surface area contributed by atoms with Crippen LogP contribution in [0.1, 0.15) is 13.8 Å². The molecule has 0 radical (unpaired) electrons. The van der Waals surface area contributed by atoms with E-state index >= 15 is 0 Å². The predicted octanol–water partition coefficient (Wildman–Crippen LogP) is 3.59. The first kappa shape index (κ1) is 10.0. The number of hydrogen-bond acceptors (Lipinski definition) is 0. The molecule has 0 nitrogen and oxygen atoms in total. The molecule has 0 saturated heterocycles. The lowest BCUT2D eigenvalue weighted by atomic mass is 10.2. The van der Waals surface area contributed by atoms with Gasteiger partial charge < -0.3 is 0 Å². The Hall–Kier alpha value is -0.990. The Morgan fingerprint density at radius 2 is 1.64 bits per heavy atom. The molecule has 0 amide bonds. The summed E-state index contributed by atoms with van der Waals surface area (Å²) in [6.45, 7) is 2.58. The quantitative estimate of drug-likeness (QED) is 0.544. The standard InChI is InChI=1S/C8H9F3/c1-6(8(11)5-9)3-4-7(2)10/h3-5H,1-2H3/b6-3-,7-4+,8-5-. The molecule has 0 rings (SSSR count). The van der Waals surface area contributed by atoms with Gasteiger partial charge in [0, 0.05) is 0 Å². The minimum absolute atomic E-state index is 0.0597. The van der Waals surface area contributed by atoms with Crippen molar-refractivity contribution < 1.29 is 13.2 Å². The van der Waals surface area contributed by atoms with Crippen LogP contribution in [0.4, 0.5) is 13.2 Å². The molecule has 0 heterocycles. The van der Waals surface area contributed by atoms with Gasteiger partial charge in [0.25, 0.3) is 0 Å². The number of hydrogen-bond donors (Lipinski definition) is 0. The van der Waals surface area contributed by atoms with Crippen LogP contribution < -0.4 is 0 Å². The van der Waals surface area contributed by atoms with E-state index in [1.54, 1.807) is 0 Å². The van der Waals surface area contributed by atoms with Crippen LogP contribution in [0.3, 0.4) is 0 Å². The first-order valence-corrected chi connectivity index (χ1v) is 3.05. The van der Waals surface area contributed by atoms with Gasteiger partial charge in [0.2, 0.25) is 0 Å². The topological polar surface area (TPSA) is 0 Å². The van der Waals surface area contributed by atoms with Gasteiger partial charge in [-0.05, 0) is 25.5 Å². The molecule has 0 aliphatic rings. The number of allylic oxidation sites excluding steroid dienone is 5. The van der Waals surface area contributed by atoms with Gasteiger partial charge in [0.05, 0.1) is 5.83 Å². The SMILES string of the molecule is CC(=C/C=C(\C)F)/C(F)=C/F. The average Bonchev–Trinajstić information content (AvgIpc) is 1.98. The monoisotopic (exact) mass is 162 g/mol. The van der Waals surface area contributed by atoms with Crippen LogP contribution in [0.2, 0.25) is 0 Å². The van der Waals surface area contributed by atoms with Crippen molar-refractivity contribution in [2.75, 3.05) is 0 Å². The largest absolute Gasteiger partial charge is 0.212 e. The molecule has 0 fully saturated rings. The molecule has 0 spiro atoms. The van der Waals surface area contributed by atoms with E-state index in [0.29, 0.717) is 0 Å². The minimum atomic E-state index is -0.984. The van der Waals surface area contributed by atoms with Crippen molar-refractivity contribution in [2.45, 2.75) is 13.8 Å². The van der Waals surface area contributed by atoms with Crippen molar-refractivity contribution in [3.8, 4) is 0 Å². The zero-order valence-corrected chi connectivity index (χ0v) is 6.37. The maximum atomic E-state index is 12.2. The highest BCUT2D eigenvalue weighted by atomic mass is 19.2. The number of halogens is 3. The number of rotatable bonds is 2. The Labute approximate surface area is 63.7 Å². The smallest absolute Gasteiger partial charge is 0.154 e. The van der Waals surface area contributed by atoms with Gasteiger partial charge in [0.15, 0.2) is 5.83 Å². The lowest BCUT2D eigenvalue weighted by Gasteiger charge is -1.90. The Morgan fingerprint density at radius 3 is 2.00 bits per heavy atom. The van der Waals surface area contributed by atoms with Crippen LogP contribution in [0.15, 0.2) is 35.7 Å².